The van der Waals surface area contributed by atoms with E-state index in [4.69, 9.17) is 16.3 Å². The SMILES string of the molecule is Cc1ccsc1CN(Cc1ccc(F)cc1)C(=O)CN(CC1CCCO1)C(=O)c1cccc(Cl)c1. The van der Waals surface area contributed by atoms with Crippen LogP contribution in [0.2, 0.25) is 5.02 Å². The van der Waals surface area contributed by atoms with Gasteiger partial charge in [0.15, 0.2) is 0 Å². The molecule has 1 saturated heterocycles. The van der Waals surface area contributed by atoms with Crippen LogP contribution in [-0.4, -0.2) is 47.4 Å². The van der Waals surface area contributed by atoms with E-state index in [1.165, 1.54) is 12.1 Å². The molecule has 2 amide bonds. The maximum absolute atomic E-state index is 13.6. The van der Waals surface area contributed by atoms with Gasteiger partial charge in [-0.25, -0.2) is 4.39 Å². The number of aryl methyl sites for hydroxylation is 1. The highest BCUT2D eigenvalue weighted by Crippen LogP contribution is 2.21. The summed E-state index contributed by atoms with van der Waals surface area (Å²) in [5, 5.41) is 2.46. The summed E-state index contributed by atoms with van der Waals surface area (Å²) in [5.74, 6) is -0.767. The number of carbonyl (C=O) groups is 2. The Balaban J connectivity index is 1.56. The second kappa shape index (κ2) is 11.8. The maximum Gasteiger partial charge on any atom is 0.254 e. The first-order valence-electron chi connectivity index (χ1n) is 11.6. The van der Waals surface area contributed by atoms with Gasteiger partial charge in [-0.3, -0.25) is 9.59 Å². The van der Waals surface area contributed by atoms with E-state index in [-0.39, 0.29) is 30.3 Å². The van der Waals surface area contributed by atoms with Crippen LogP contribution in [0.25, 0.3) is 0 Å². The van der Waals surface area contributed by atoms with Crippen molar-refractivity contribution in [1.29, 1.82) is 0 Å². The van der Waals surface area contributed by atoms with E-state index < -0.39 is 0 Å². The third-order valence-electron chi connectivity index (χ3n) is 6.07. The standard InChI is InChI=1S/C27H28ClFN2O3S/c1-19-11-13-35-25(19)17-30(15-20-7-9-23(29)10-8-20)26(32)18-31(16-24-6-3-12-34-24)27(33)21-4-2-5-22(28)14-21/h2,4-5,7-11,13-14,24H,3,6,12,15-18H2,1H3. The van der Waals surface area contributed by atoms with Gasteiger partial charge in [-0.15, -0.1) is 11.3 Å². The van der Waals surface area contributed by atoms with E-state index in [0.717, 1.165) is 28.8 Å². The highest BCUT2D eigenvalue weighted by molar-refractivity contribution is 7.10. The molecule has 1 aromatic heterocycles. The quantitative estimate of drug-likeness (QED) is 0.368. The number of thiophene rings is 1. The van der Waals surface area contributed by atoms with Crippen molar-refractivity contribution >= 4 is 34.8 Å². The van der Waals surface area contributed by atoms with Gasteiger partial charge in [-0.05, 0) is 72.7 Å². The van der Waals surface area contributed by atoms with Crippen molar-refractivity contribution in [2.45, 2.75) is 39.0 Å². The van der Waals surface area contributed by atoms with Gasteiger partial charge < -0.3 is 14.5 Å². The Kier molecular flexibility index (Phi) is 8.55. The zero-order chi connectivity index (χ0) is 24.8. The summed E-state index contributed by atoms with van der Waals surface area (Å²) in [4.78, 5) is 31.4. The van der Waals surface area contributed by atoms with Gasteiger partial charge >= 0.3 is 0 Å². The number of benzene rings is 2. The monoisotopic (exact) mass is 514 g/mol. The van der Waals surface area contributed by atoms with Gasteiger partial charge in [0.1, 0.15) is 12.4 Å². The Hall–Kier alpha value is -2.74. The van der Waals surface area contributed by atoms with Crippen LogP contribution in [0.15, 0.2) is 60.0 Å². The van der Waals surface area contributed by atoms with Gasteiger partial charge in [-0.1, -0.05) is 29.8 Å². The van der Waals surface area contributed by atoms with Gasteiger partial charge in [-0.2, -0.15) is 0 Å². The molecule has 5 nitrogen and oxygen atoms in total. The van der Waals surface area contributed by atoms with Crippen molar-refractivity contribution in [3.63, 3.8) is 0 Å². The summed E-state index contributed by atoms with van der Waals surface area (Å²) >= 11 is 7.71. The summed E-state index contributed by atoms with van der Waals surface area (Å²) in [5.41, 5.74) is 2.36. The molecule has 2 aromatic carbocycles. The Bertz CT molecular complexity index is 1160. The van der Waals surface area contributed by atoms with E-state index in [9.17, 15) is 14.0 Å². The lowest BCUT2D eigenvalue weighted by Gasteiger charge is -2.29. The molecule has 4 rings (SSSR count). The summed E-state index contributed by atoms with van der Waals surface area (Å²) < 4.78 is 19.2. The summed E-state index contributed by atoms with van der Waals surface area (Å²) in [6.07, 6.45) is 1.68. The van der Waals surface area contributed by atoms with Crippen molar-refractivity contribution in [1.82, 2.24) is 9.80 Å². The number of halogens is 2. The fourth-order valence-electron chi connectivity index (χ4n) is 4.10. The smallest absolute Gasteiger partial charge is 0.254 e. The molecule has 1 aliphatic heterocycles. The van der Waals surface area contributed by atoms with E-state index in [2.05, 4.69) is 0 Å². The molecule has 1 fully saturated rings. The zero-order valence-corrected chi connectivity index (χ0v) is 21.2. The van der Waals surface area contributed by atoms with Crippen molar-refractivity contribution in [3.05, 3.63) is 92.4 Å². The fourth-order valence-corrected chi connectivity index (χ4v) is 5.21. The maximum atomic E-state index is 13.6. The average molecular weight is 515 g/mol. The van der Waals surface area contributed by atoms with Gasteiger partial charge in [0, 0.05) is 35.2 Å². The van der Waals surface area contributed by atoms with Crippen LogP contribution < -0.4 is 0 Å². The van der Waals surface area contributed by atoms with Crippen LogP contribution in [0.3, 0.4) is 0 Å². The Morgan fingerprint density at radius 2 is 1.91 bits per heavy atom. The lowest BCUT2D eigenvalue weighted by molar-refractivity contribution is -0.133. The molecule has 0 radical (unpaired) electrons. The van der Waals surface area contributed by atoms with Gasteiger partial charge in [0.2, 0.25) is 5.91 Å². The first-order valence-corrected chi connectivity index (χ1v) is 12.9. The number of hydrogen-bond acceptors (Lipinski definition) is 4. The summed E-state index contributed by atoms with van der Waals surface area (Å²) in [7, 11) is 0. The number of carbonyl (C=O) groups excluding carboxylic acids is 2. The van der Waals surface area contributed by atoms with Crippen molar-refractivity contribution in [2.24, 2.45) is 0 Å². The highest BCUT2D eigenvalue weighted by Gasteiger charge is 2.27. The van der Waals surface area contributed by atoms with E-state index in [1.807, 2.05) is 18.4 Å². The zero-order valence-electron chi connectivity index (χ0n) is 19.6. The minimum absolute atomic E-state index is 0.0865. The molecule has 35 heavy (non-hydrogen) atoms. The predicted molar refractivity (Wildman–Crippen MR) is 136 cm³/mol. The first kappa shape index (κ1) is 25.4. The summed E-state index contributed by atoms with van der Waals surface area (Å²) in [6, 6.07) is 14.9. The third kappa shape index (κ3) is 6.90. The lowest BCUT2D eigenvalue weighted by atomic mass is 10.1. The molecule has 1 aliphatic rings. The molecule has 0 N–H and O–H groups in total. The van der Waals surface area contributed by atoms with Gasteiger partial charge in [0.25, 0.3) is 5.91 Å². The largest absolute Gasteiger partial charge is 0.376 e. The molecule has 0 spiro atoms. The number of amides is 2. The predicted octanol–water partition coefficient (Wildman–Crippen LogP) is 5.70. The Morgan fingerprint density at radius 1 is 1.11 bits per heavy atom. The summed E-state index contributed by atoms with van der Waals surface area (Å²) in [6.45, 7) is 3.65. The molecular weight excluding hydrogens is 487 g/mol. The minimum Gasteiger partial charge on any atom is -0.376 e. The molecule has 184 valence electrons. The van der Waals surface area contributed by atoms with Crippen molar-refractivity contribution in [3.8, 4) is 0 Å². The van der Waals surface area contributed by atoms with Crippen LogP contribution >= 0.6 is 22.9 Å². The number of rotatable bonds is 9. The average Bonchev–Trinajstić information content (AvgIpc) is 3.51. The van der Waals surface area contributed by atoms with E-state index >= 15 is 0 Å². The number of ether oxygens (including phenoxy) is 1. The Labute approximate surface area is 214 Å². The van der Waals surface area contributed by atoms with Crippen LogP contribution in [0.4, 0.5) is 4.39 Å². The molecule has 1 atom stereocenters. The second-order valence-electron chi connectivity index (χ2n) is 8.73. The lowest BCUT2D eigenvalue weighted by Crippen LogP contribution is -2.45. The first-order chi connectivity index (χ1) is 16.9. The minimum atomic E-state index is -0.324. The molecule has 1 unspecified atom stereocenters. The van der Waals surface area contributed by atoms with Crippen molar-refractivity contribution < 1.29 is 18.7 Å². The van der Waals surface area contributed by atoms with E-state index in [0.29, 0.717) is 36.8 Å². The fraction of sp³-hybridized carbons (Fsp3) is 0.333. The molecule has 8 heteroatoms. The van der Waals surface area contributed by atoms with Crippen LogP contribution in [0.1, 0.15) is 39.2 Å². The normalized spacial score (nSPS) is 15.2. The van der Waals surface area contributed by atoms with Crippen LogP contribution in [0, 0.1) is 12.7 Å². The molecule has 2 heterocycles. The van der Waals surface area contributed by atoms with Crippen LogP contribution in [0.5, 0.6) is 0 Å². The molecule has 3 aromatic rings. The van der Waals surface area contributed by atoms with Crippen LogP contribution in [-0.2, 0) is 22.6 Å². The topological polar surface area (TPSA) is 49.9 Å². The second-order valence-corrected chi connectivity index (χ2v) is 10.2. The molecule has 0 saturated carbocycles. The number of nitrogens with zero attached hydrogens (tertiary/aromatic N) is 2. The third-order valence-corrected chi connectivity index (χ3v) is 7.32. The molecular formula is C27H28ClFN2O3S. The molecule has 0 bridgehead atoms. The number of hydrogen-bond donors (Lipinski definition) is 0. The highest BCUT2D eigenvalue weighted by atomic mass is 35.5. The molecule has 0 aliphatic carbocycles. The Morgan fingerprint density at radius 3 is 2.57 bits per heavy atom. The van der Waals surface area contributed by atoms with Gasteiger partial charge in [0.05, 0.1) is 12.6 Å². The van der Waals surface area contributed by atoms with Crippen molar-refractivity contribution in [2.75, 3.05) is 19.7 Å². The van der Waals surface area contributed by atoms with E-state index in [1.54, 1.807) is 57.5 Å².